The van der Waals surface area contributed by atoms with E-state index in [0.717, 1.165) is 4.73 Å². The lowest BCUT2D eigenvalue weighted by atomic mass is 10.2. The van der Waals surface area contributed by atoms with Gasteiger partial charge in [-0.3, -0.25) is 0 Å². The Morgan fingerprint density at radius 2 is 1.92 bits per heavy atom. The van der Waals surface area contributed by atoms with Crippen LogP contribution in [0.1, 0.15) is 0 Å². The summed E-state index contributed by atoms with van der Waals surface area (Å²) in [4.78, 5) is 0. The summed E-state index contributed by atoms with van der Waals surface area (Å²) >= 11 is 11.6. The van der Waals surface area contributed by atoms with Crippen LogP contribution in [0.3, 0.4) is 0 Å². The zero-order valence-corrected chi connectivity index (χ0v) is 8.01. The summed E-state index contributed by atoms with van der Waals surface area (Å²) in [6.45, 7) is 0. The molecule has 0 unspecified atom stereocenters. The lowest BCUT2D eigenvalue weighted by molar-refractivity contribution is -0.576. The van der Waals surface area contributed by atoms with Gasteiger partial charge < -0.3 is 5.21 Å². The molecule has 0 aliphatic heterocycles. The highest BCUT2D eigenvalue weighted by Crippen LogP contribution is 2.22. The summed E-state index contributed by atoms with van der Waals surface area (Å²) in [6, 6.07) is 6.59. The average Bonchev–Trinajstić information content (AvgIpc) is 2.12. The fraction of sp³-hybridized carbons (Fsp3) is 0. The Hall–Kier alpha value is -0.990. The summed E-state index contributed by atoms with van der Waals surface area (Å²) in [5, 5.41) is 13.1. The molecule has 1 aromatic heterocycles. The lowest BCUT2D eigenvalue weighted by Gasteiger charge is -2.02. The number of pyridine rings is 1. The first-order valence-corrected chi connectivity index (χ1v) is 4.41. The highest BCUT2D eigenvalue weighted by atomic mass is 35.5. The highest BCUT2D eigenvalue weighted by molar-refractivity contribution is 6.35. The van der Waals surface area contributed by atoms with Crippen molar-refractivity contribution >= 4 is 34.1 Å². The molecule has 0 aliphatic carbocycles. The van der Waals surface area contributed by atoms with Gasteiger partial charge in [0.2, 0.25) is 5.52 Å². The van der Waals surface area contributed by atoms with E-state index in [4.69, 9.17) is 23.2 Å². The summed E-state index contributed by atoms with van der Waals surface area (Å²) in [5.41, 5.74) is 0.486. The lowest BCUT2D eigenvalue weighted by Crippen LogP contribution is -2.25. The molecular formula is C9H5Cl2NO. The molecule has 0 radical (unpaired) electrons. The van der Waals surface area contributed by atoms with Crippen LogP contribution in [0.25, 0.3) is 10.9 Å². The summed E-state index contributed by atoms with van der Waals surface area (Å²) < 4.78 is 0.743. The van der Waals surface area contributed by atoms with E-state index in [2.05, 4.69) is 0 Å². The molecule has 66 valence electrons. The van der Waals surface area contributed by atoms with Gasteiger partial charge >= 0.3 is 0 Å². The van der Waals surface area contributed by atoms with Gasteiger partial charge in [-0.2, -0.15) is 4.73 Å². The number of hydrogen-bond donors (Lipinski definition) is 0. The van der Waals surface area contributed by atoms with E-state index in [1.807, 2.05) is 0 Å². The van der Waals surface area contributed by atoms with Gasteiger partial charge in [0, 0.05) is 17.2 Å². The maximum Gasteiger partial charge on any atom is 0.226 e. The van der Waals surface area contributed by atoms with Crippen LogP contribution in [0.15, 0.2) is 30.5 Å². The molecule has 0 N–H and O–H groups in total. The minimum Gasteiger partial charge on any atom is -0.618 e. The van der Waals surface area contributed by atoms with E-state index in [9.17, 15) is 5.21 Å². The van der Waals surface area contributed by atoms with Crippen LogP contribution in [0.2, 0.25) is 10.0 Å². The van der Waals surface area contributed by atoms with Crippen LogP contribution >= 0.6 is 23.2 Å². The van der Waals surface area contributed by atoms with Gasteiger partial charge in [-0.25, -0.2) is 0 Å². The molecule has 0 bridgehead atoms. The molecule has 0 spiro atoms. The predicted molar refractivity (Wildman–Crippen MR) is 52.9 cm³/mol. The maximum atomic E-state index is 11.3. The Balaban J connectivity index is 2.92. The van der Waals surface area contributed by atoms with Gasteiger partial charge in [-0.1, -0.05) is 23.2 Å². The van der Waals surface area contributed by atoms with Crippen molar-refractivity contribution in [3.63, 3.8) is 0 Å². The van der Waals surface area contributed by atoms with Gasteiger partial charge in [0.05, 0.1) is 10.4 Å². The Kier molecular flexibility index (Phi) is 2.02. The molecule has 0 atom stereocenters. The molecule has 2 nitrogen and oxygen atoms in total. The summed E-state index contributed by atoms with van der Waals surface area (Å²) in [6.07, 6.45) is 1.36. The molecule has 13 heavy (non-hydrogen) atoms. The summed E-state index contributed by atoms with van der Waals surface area (Å²) in [7, 11) is 0. The second-order valence-electron chi connectivity index (χ2n) is 2.65. The Morgan fingerprint density at radius 3 is 2.69 bits per heavy atom. The third kappa shape index (κ3) is 1.43. The van der Waals surface area contributed by atoms with Crippen molar-refractivity contribution in [1.82, 2.24) is 0 Å². The maximum absolute atomic E-state index is 11.3. The summed E-state index contributed by atoms with van der Waals surface area (Å²) in [5.74, 6) is 0. The minimum atomic E-state index is 0.486. The van der Waals surface area contributed by atoms with Crippen molar-refractivity contribution in [2.75, 3.05) is 0 Å². The van der Waals surface area contributed by atoms with Crippen molar-refractivity contribution in [2.45, 2.75) is 0 Å². The molecule has 0 fully saturated rings. The third-order valence-electron chi connectivity index (χ3n) is 1.81. The minimum absolute atomic E-state index is 0.486. The van der Waals surface area contributed by atoms with E-state index in [-0.39, 0.29) is 0 Å². The SMILES string of the molecule is [O-][n+]1ccc(Cl)c2ccc(Cl)cc21. The van der Waals surface area contributed by atoms with E-state index < -0.39 is 0 Å². The fourth-order valence-electron chi connectivity index (χ4n) is 1.19. The first-order valence-electron chi connectivity index (χ1n) is 3.65. The molecular weight excluding hydrogens is 209 g/mol. The van der Waals surface area contributed by atoms with Crippen molar-refractivity contribution in [3.05, 3.63) is 45.7 Å². The second kappa shape index (κ2) is 3.05. The van der Waals surface area contributed by atoms with Crippen LogP contribution in [-0.2, 0) is 0 Å². The predicted octanol–water partition coefficient (Wildman–Crippen LogP) is 2.78. The fourth-order valence-corrected chi connectivity index (χ4v) is 1.57. The monoisotopic (exact) mass is 213 g/mol. The quantitative estimate of drug-likeness (QED) is 0.489. The molecule has 0 aliphatic rings. The topological polar surface area (TPSA) is 26.9 Å². The largest absolute Gasteiger partial charge is 0.618 e. The molecule has 0 saturated carbocycles. The number of benzene rings is 1. The number of rotatable bonds is 0. The van der Waals surface area contributed by atoms with Crippen LogP contribution < -0.4 is 4.73 Å². The van der Waals surface area contributed by atoms with Crippen LogP contribution in [0, 0.1) is 5.21 Å². The number of nitrogens with zero attached hydrogens (tertiary/aromatic N) is 1. The van der Waals surface area contributed by atoms with Crippen molar-refractivity contribution in [3.8, 4) is 0 Å². The molecule has 0 saturated heterocycles. The van der Waals surface area contributed by atoms with Crippen LogP contribution in [0.4, 0.5) is 0 Å². The zero-order chi connectivity index (χ0) is 9.42. The van der Waals surface area contributed by atoms with Gasteiger partial charge in [0.15, 0.2) is 6.20 Å². The van der Waals surface area contributed by atoms with Crippen molar-refractivity contribution in [1.29, 1.82) is 0 Å². The van der Waals surface area contributed by atoms with E-state index in [1.54, 1.807) is 24.3 Å². The van der Waals surface area contributed by atoms with E-state index >= 15 is 0 Å². The first kappa shape index (κ1) is 8.60. The Bertz CT molecular complexity index is 470. The third-order valence-corrected chi connectivity index (χ3v) is 2.38. The molecule has 2 aromatic rings. The highest BCUT2D eigenvalue weighted by Gasteiger charge is 2.07. The van der Waals surface area contributed by atoms with Gasteiger partial charge in [0.25, 0.3) is 0 Å². The molecule has 4 heteroatoms. The Morgan fingerprint density at radius 1 is 1.15 bits per heavy atom. The van der Waals surface area contributed by atoms with Crippen molar-refractivity contribution < 1.29 is 4.73 Å². The molecule has 0 amide bonds. The number of fused-ring (bicyclic) bond motifs is 1. The normalized spacial score (nSPS) is 10.6. The Labute approximate surface area is 84.9 Å². The van der Waals surface area contributed by atoms with Crippen molar-refractivity contribution in [2.24, 2.45) is 0 Å². The van der Waals surface area contributed by atoms with Crippen LogP contribution in [-0.4, -0.2) is 0 Å². The van der Waals surface area contributed by atoms with E-state index in [0.29, 0.717) is 20.9 Å². The number of halogens is 2. The number of hydrogen-bond acceptors (Lipinski definition) is 1. The van der Waals surface area contributed by atoms with Crippen LogP contribution in [0.5, 0.6) is 0 Å². The molecule has 2 rings (SSSR count). The van der Waals surface area contributed by atoms with Gasteiger partial charge in [0.1, 0.15) is 0 Å². The smallest absolute Gasteiger partial charge is 0.226 e. The number of aromatic nitrogens is 1. The molecule has 1 aromatic carbocycles. The molecule has 1 heterocycles. The standard InChI is InChI=1S/C9H5Cl2NO/c10-6-1-2-7-8(11)3-4-12(13)9(7)5-6/h1-5H. The first-order chi connectivity index (χ1) is 6.18. The van der Waals surface area contributed by atoms with Gasteiger partial charge in [-0.15, -0.1) is 0 Å². The van der Waals surface area contributed by atoms with Gasteiger partial charge in [-0.05, 0) is 12.1 Å². The second-order valence-corrected chi connectivity index (χ2v) is 3.49. The van der Waals surface area contributed by atoms with E-state index in [1.165, 1.54) is 6.20 Å². The average molecular weight is 214 g/mol. The zero-order valence-electron chi connectivity index (χ0n) is 6.50.